The van der Waals surface area contributed by atoms with Gasteiger partial charge in [-0.3, -0.25) is 0 Å². The molecule has 3 nitrogen and oxygen atoms in total. The second kappa shape index (κ2) is 3.59. The molecule has 3 heteroatoms. The topological polar surface area (TPSA) is 49.5 Å². The minimum Gasteiger partial charge on any atom is -0.398 e. The lowest BCUT2D eigenvalue weighted by molar-refractivity contribution is 0.210. The van der Waals surface area contributed by atoms with Crippen LogP contribution in [0.25, 0.3) is 0 Å². The Bertz CT molecular complexity index is 412. The molecule has 80 valence electrons. The van der Waals surface area contributed by atoms with Crippen LogP contribution >= 0.6 is 0 Å². The average Bonchev–Trinajstić information content (AvgIpc) is 2.27. The number of aliphatic hydroxyl groups is 1. The Labute approximate surface area is 89.8 Å². The summed E-state index contributed by atoms with van der Waals surface area (Å²) in [4.78, 5) is 2.12. The van der Waals surface area contributed by atoms with Gasteiger partial charge in [-0.15, -0.1) is 0 Å². The molecule has 1 aromatic rings. The van der Waals surface area contributed by atoms with E-state index in [1.165, 1.54) is 0 Å². The minimum absolute atomic E-state index is 0.551. The van der Waals surface area contributed by atoms with Crippen molar-refractivity contribution in [2.45, 2.75) is 20.0 Å². The summed E-state index contributed by atoms with van der Waals surface area (Å²) < 4.78 is 0. The fraction of sp³-hybridized carbons (Fsp3) is 0.333. The van der Waals surface area contributed by atoms with Gasteiger partial charge in [-0.05, 0) is 19.9 Å². The van der Waals surface area contributed by atoms with Crippen LogP contribution in [0.4, 0.5) is 5.69 Å². The van der Waals surface area contributed by atoms with Crippen LogP contribution < -0.4 is 10.6 Å². The van der Waals surface area contributed by atoms with Crippen molar-refractivity contribution in [2.24, 2.45) is 5.73 Å². The molecule has 1 aliphatic rings. The summed E-state index contributed by atoms with van der Waals surface area (Å²) in [7, 11) is 0. The molecule has 0 saturated heterocycles. The summed E-state index contributed by atoms with van der Waals surface area (Å²) in [5, 5.41) is 10.0. The van der Waals surface area contributed by atoms with E-state index in [4.69, 9.17) is 5.73 Å². The maximum Gasteiger partial charge on any atom is 0.122 e. The molecule has 0 spiro atoms. The second-order valence-electron chi connectivity index (χ2n) is 3.75. The summed E-state index contributed by atoms with van der Waals surface area (Å²) in [6, 6.07) is 7.83. The zero-order chi connectivity index (χ0) is 11.0. The van der Waals surface area contributed by atoms with Gasteiger partial charge >= 0.3 is 0 Å². The highest BCUT2D eigenvalue weighted by Gasteiger charge is 2.26. The van der Waals surface area contributed by atoms with E-state index in [0.29, 0.717) is 5.70 Å². The molecule has 1 atom stereocenters. The van der Waals surface area contributed by atoms with Gasteiger partial charge in [-0.2, -0.15) is 0 Å². The number of allylic oxidation sites excluding steroid dienone is 1. The van der Waals surface area contributed by atoms with Crippen LogP contribution in [-0.2, 0) is 0 Å². The van der Waals surface area contributed by atoms with E-state index in [-0.39, 0.29) is 0 Å². The summed E-state index contributed by atoms with van der Waals surface area (Å²) in [6.45, 7) is 4.87. The first-order valence-electron chi connectivity index (χ1n) is 5.17. The molecule has 15 heavy (non-hydrogen) atoms. The first-order chi connectivity index (χ1) is 7.16. The summed E-state index contributed by atoms with van der Waals surface area (Å²) in [6.07, 6.45) is -0.663. The number of aliphatic hydroxyl groups excluding tert-OH is 1. The number of para-hydroxylation sites is 1. The van der Waals surface area contributed by atoms with E-state index in [1.54, 1.807) is 0 Å². The molecule has 1 unspecified atom stereocenters. The molecule has 1 aliphatic heterocycles. The number of anilines is 1. The van der Waals surface area contributed by atoms with E-state index in [0.717, 1.165) is 23.5 Å². The van der Waals surface area contributed by atoms with Crippen molar-refractivity contribution in [3.63, 3.8) is 0 Å². The molecule has 0 bridgehead atoms. The number of nitrogens with two attached hydrogens (primary N) is 1. The Morgan fingerprint density at radius 2 is 2.07 bits per heavy atom. The number of rotatable bonds is 1. The van der Waals surface area contributed by atoms with E-state index in [2.05, 4.69) is 11.8 Å². The van der Waals surface area contributed by atoms with Crippen LogP contribution in [0, 0.1) is 0 Å². The minimum atomic E-state index is -0.663. The van der Waals surface area contributed by atoms with Gasteiger partial charge in [0.15, 0.2) is 0 Å². The van der Waals surface area contributed by atoms with Gasteiger partial charge in [0.25, 0.3) is 0 Å². The van der Waals surface area contributed by atoms with E-state index < -0.39 is 6.10 Å². The molecule has 1 heterocycles. The smallest absolute Gasteiger partial charge is 0.122 e. The van der Waals surface area contributed by atoms with Crippen LogP contribution in [-0.4, -0.2) is 11.7 Å². The first-order valence-corrected chi connectivity index (χ1v) is 5.17. The zero-order valence-electron chi connectivity index (χ0n) is 9.07. The highest BCUT2D eigenvalue weighted by Crippen LogP contribution is 2.37. The molecule has 1 aromatic carbocycles. The van der Waals surface area contributed by atoms with Gasteiger partial charge in [-0.1, -0.05) is 18.2 Å². The fourth-order valence-electron chi connectivity index (χ4n) is 2.07. The Hall–Kier alpha value is -1.48. The normalized spacial score (nSPS) is 20.5. The molecule has 2 rings (SSSR count). The zero-order valence-corrected chi connectivity index (χ0v) is 9.07. The molecular weight excluding hydrogens is 188 g/mol. The fourth-order valence-corrected chi connectivity index (χ4v) is 2.07. The van der Waals surface area contributed by atoms with Crippen molar-refractivity contribution < 1.29 is 5.11 Å². The quantitative estimate of drug-likeness (QED) is 0.732. The monoisotopic (exact) mass is 204 g/mol. The van der Waals surface area contributed by atoms with E-state index >= 15 is 0 Å². The van der Waals surface area contributed by atoms with Crippen molar-refractivity contribution >= 4 is 5.69 Å². The van der Waals surface area contributed by atoms with Crippen LogP contribution in [0.1, 0.15) is 25.5 Å². The lowest BCUT2D eigenvalue weighted by Crippen LogP contribution is -2.31. The van der Waals surface area contributed by atoms with E-state index in [9.17, 15) is 5.11 Å². The maximum atomic E-state index is 10.0. The van der Waals surface area contributed by atoms with Crippen molar-refractivity contribution in [2.75, 3.05) is 11.4 Å². The molecule has 0 amide bonds. The van der Waals surface area contributed by atoms with Gasteiger partial charge in [0, 0.05) is 23.5 Å². The number of fused-ring (bicyclic) bond motifs is 1. The van der Waals surface area contributed by atoms with Crippen LogP contribution in [0.2, 0.25) is 0 Å². The lowest BCUT2D eigenvalue weighted by atomic mass is 9.98. The highest BCUT2D eigenvalue weighted by molar-refractivity contribution is 5.63. The van der Waals surface area contributed by atoms with Gasteiger partial charge in [0.1, 0.15) is 6.10 Å². The molecule has 0 radical (unpaired) electrons. The highest BCUT2D eigenvalue weighted by atomic mass is 16.3. The number of nitrogens with zero attached hydrogens (tertiary/aromatic N) is 1. The third kappa shape index (κ3) is 1.39. The Morgan fingerprint density at radius 1 is 1.40 bits per heavy atom. The number of hydrogen-bond acceptors (Lipinski definition) is 3. The summed E-state index contributed by atoms with van der Waals surface area (Å²) in [5.74, 6) is 0. The number of hydrogen-bond donors (Lipinski definition) is 2. The lowest BCUT2D eigenvalue weighted by Gasteiger charge is -2.34. The number of benzene rings is 1. The van der Waals surface area contributed by atoms with Crippen molar-refractivity contribution in [3.8, 4) is 0 Å². The predicted octanol–water partition coefficient (Wildman–Crippen LogP) is 1.75. The third-order valence-corrected chi connectivity index (χ3v) is 2.96. The van der Waals surface area contributed by atoms with Gasteiger partial charge < -0.3 is 15.7 Å². The molecule has 0 fully saturated rings. The second-order valence-corrected chi connectivity index (χ2v) is 3.75. The first kappa shape index (κ1) is 10.1. The maximum absolute atomic E-state index is 10.0. The standard InChI is InChI=1S/C12H16N2O/c1-3-14-8(2)11(13)12(15)9-6-4-5-7-10(9)14/h4-7,12,15H,3,13H2,1-2H3. The SMILES string of the molecule is CCN1C(C)=C(N)C(O)c2ccccc21. The van der Waals surface area contributed by atoms with Crippen LogP contribution in [0.5, 0.6) is 0 Å². The van der Waals surface area contributed by atoms with Gasteiger partial charge in [-0.25, -0.2) is 0 Å². The van der Waals surface area contributed by atoms with Gasteiger partial charge in [0.05, 0.1) is 5.70 Å². The Morgan fingerprint density at radius 3 is 2.73 bits per heavy atom. The predicted molar refractivity (Wildman–Crippen MR) is 61.3 cm³/mol. The average molecular weight is 204 g/mol. The van der Waals surface area contributed by atoms with Crippen molar-refractivity contribution in [1.29, 1.82) is 0 Å². The molecule has 0 saturated carbocycles. The van der Waals surface area contributed by atoms with Gasteiger partial charge in [0.2, 0.25) is 0 Å². The van der Waals surface area contributed by atoms with Crippen molar-refractivity contribution in [3.05, 3.63) is 41.2 Å². The molecule has 0 aromatic heterocycles. The van der Waals surface area contributed by atoms with Crippen LogP contribution in [0.15, 0.2) is 35.7 Å². The Kier molecular flexibility index (Phi) is 2.40. The van der Waals surface area contributed by atoms with Crippen LogP contribution in [0.3, 0.4) is 0 Å². The molecule has 0 aliphatic carbocycles. The van der Waals surface area contributed by atoms with Crippen molar-refractivity contribution in [1.82, 2.24) is 0 Å². The molecule has 3 N–H and O–H groups in total. The Balaban J connectivity index is 2.59. The summed E-state index contributed by atoms with van der Waals surface area (Å²) >= 11 is 0. The largest absolute Gasteiger partial charge is 0.398 e. The van der Waals surface area contributed by atoms with E-state index in [1.807, 2.05) is 31.2 Å². The summed E-state index contributed by atoms with van der Waals surface area (Å²) in [5.41, 5.74) is 9.34. The molecular formula is C12H16N2O. The third-order valence-electron chi connectivity index (χ3n) is 2.96.